The van der Waals surface area contributed by atoms with Crippen molar-refractivity contribution in [3.05, 3.63) is 71.3 Å². The van der Waals surface area contributed by atoms with Crippen molar-refractivity contribution in [3.8, 4) is 0 Å². The van der Waals surface area contributed by atoms with E-state index in [1.165, 1.54) is 12.1 Å². The Morgan fingerprint density at radius 3 is 2.27 bits per heavy atom. The second kappa shape index (κ2) is 5.46. The predicted octanol–water partition coefficient (Wildman–Crippen LogP) is 3.88. The lowest BCUT2D eigenvalue weighted by atomic mass is 10.1. The maximum absolute atomic E-state index is 12.7. The minimum absolute atomic E-state index is 0.0879. The summed E-state index contributed by atoms with van der Waals surface area (Å²) >= 11 is 0. The lowest BCUT2D eigenvalue weighted by Gasteiger charge is -2.28. The molecule has 3 nitrogen and oxygen atoms in total. The van der Waals surface area contributed by atoms with Crippen LogP contribution in [0.4, 0.5) is 13.2 Å². The van der Waals surface area contributed by atoms with Crippen LogP contribution in [0.15, 0.2) is 54.6 Å². The first-order valence-corrected chi connectivity index (χ1v) is 6.64. The lowest BCUT2D eigenvalue weighted by Crippen LogP contribution is -2.34. The van der Waals surface area contributed by atoms with Gasteiger partial charge in [-0.25, -0.2) is 0 Å². The van der Waals surface area contributed by atoms with Crippen LogP contribution in [0, 0.1) is 0 Å². The minimum atomic E-state index is -4.84. The van der Waals surface area contributed by atoms with Crippen LogP contribution in [-0.2, 0) is 11.3 Å². The van der Waals surface area contributed by atoms with E-state index in [4.69, 9.17) is 0 Å². The minimum Gasteiger partial charge on any atom is -0.304 e. The molecule has 0 bridgehead atoms. The molecule has 3 rings (SSSR count). The lowest BCUT2D eigenvalue weighted by molar-refractivity contribution is -0.359. The molecule has 1 amide bonds. The Labute approximate surface area is 124 Å². The SMILES string of the molecule is O=C1c2ccccc2CN1C(OC(F)(F)F)c1ccccc1. The highest BCUT2D eigenvalue weighted by molar-refractivity contribution is 5.98. The van der Waals surface area contributed by atoms with E-state index in [2.05, 4.69) is 4.74 Å². The summed E-state index contributed by atoms with van der Waals surface area (Å²) in [5.74, 6) is -0.464. The normalized spacial score (nSPS) is 15.8. The summed E-state index contributed by atoms with van der Waals surface area (Å²) in [6.45, 7) is 0.0879. The van der Waals surface area contributed by atoms with E-state index in [1.807, 2.05) is 0 Å². The third-order valence-electron chi connectivity index (χ3n) is 3.46. The Kier molecular flexibility index (Phi) is 3.62. The van der Waals surface area contributed by atoms with Crippen LogP contribution in [-0.4, -0.2) is 17.2 Å². The highest BCUT2D eigenvalue weighted by Crippen LogP contribution is 2.36. The fourth-order valence-electron chi connectivity index (χ4n) is 2.52. The van der Waals surface area contributed by atoms with Gasteiger partial charge >= 0.3 is 6.36 Å². The van der Waals surface area contributed by atoms with Crippen molar-refractivity contribution in [1.29, 1.82) is 0 Å². The summed E-state index contributed by atoms with van der Waals surface area (Å²) in [6.07, 6.45) is -6.34. The number of carbonyl (C=O) groups excluding carboxylic acids is 1. The molecule has 0 radical (unpaired) electrons. The number of nitrogens with zero attached hydrogens (tertiary/aromatic N) is 1. The zero-order valence-corrected chi connectivity index (χ0v) is 11.4. The van der Waals surface area contributed by atoms with Gasteiger partial charge in [0, 0.05) is 17.7 Å². The van der Waals surface area contributed by atoms with Crippen molar-refractivity contribution in [2.75, 3.05) is 0 Å². The van der Waals surface area contributed by atoms with E-state index in [9.17, 15) is 18.0 Å². The van der Waals surface area contributed by atoms with Gasteiger partial charge in [0.1, 0.15) is 0 Å². The van der Waals surface area contributed by atoms with Crippen LogP contribution >= 0.6 is 0 Å². The van der Waals surface area contributed by atoms with Crippen molar-refractivity contribution in [3.63, 3.8) is 0 Å². The number of carbonyl (C=O) groups is 1. The molecule has 1 atom stereocenters. The average Bonchev–Trinajstić information content (AvgIpc) is 2.82. The van der Waals surface area contributed by atoms with Crippen molar-refractivity contribution >= 4 is 5.91 Å². The zero-order valence-electron chi connectivity index (χ0n) is 11.4. The monoisotopic (exact) mass is 307 g/mol. The van der Waals surface area contributed by atoms with Gasteiger partial charge in [-0.3, -0.25) is 9.53 Å². The van der Waals surface area contributed by atoms with Gasteiger partial charge in [0.15, 0.2) is 6.23 Å². The Balaban J connectivity index is 1.96. The number of fused-ring (bicyclic) bond motifs is 1. The van der Waals surface area contributed by atoms with Crippen molar-refractivity contribution in [2.24, 2.45) is 0 Å². The summed E-state index contributed by atoms with van der Waals surface area (Å²) in [5, 5.41) is 0. The van der Waals surface area contributed by atoms with E-state index in [1.54, 1.807) is 42.5 Å². The molecular weight excluding hydrogens is 295 g/mol. The van der Waals surface area contributed by atoms with E-state index in [-0.39, 0.29) is 12.1 Å². The molecule has 114 valence electrons. The number of hydrogen-bond acceptors (Lipinski definition) is 2. The van der Waals surface area contributed by atoms with Gasteiger partial charge in [-0.05, 0) is 11.6 Å². The summed E-state index contributed by atoms with van der Waals surface area (Å²) in [5.41, 5.74) is 1.38. The number of amides is 1. The van der Waals surface area contributed by atoms with E-state index < -0.39 is 18.5 Å². The van der Waals surface area contributed by atoms with E-state index in [0.29, 0.717) is 11.1 Å². The van der Waals surface area contributed by atoms with Gasteiger partial charge in [0.25, 0.3) is 5.91 Å². The standard InChI is InChI=1S/C16H12F3NO2/c17-16(18,19)22-15(11-6-2-1-3-7-11)20-10-12-8-4-5-9-13(12)14(20)21/h1-9,15H,10H2. The van der Waals surface area contributed by atoms with E-state index >= 15 is 0 Å². The highest BCUT2D eigenvalue weighted by Gasteiger charge is 2.41. The Hall–Kier alpha value is -2.34. The molecule has 1 aliphatic rings. The molecule has 0 N–H and O–H groups in total. The van der Waals surface area contributed by atoms with Crippen molar-refractivity contribution < 1.29 is 22.7 Å². The smallest absolute Gasteiger partial charge is 0.304 e. The molecule has 1 heterocycles. The van der Waals surface area contributed by atoms with Gasteiger partial charge < -0.3 is 4.90 Å². The third kappa shape index (κ3) is 2.82. The number of halogens is 3. The Morgan fingerprint density at radius 2 is 1.64 bits per heavy atom. The van der Waals surface area contributed by atoms with E-state index in [0.717, 1.165) is 4.90 Å². The van der Waals surface area contributed by atoms with Crippen LogP contribution in [0.25, 0.3) is 0 Å². The summed E-state index contributed by atoms with van der Waals surface area (Å²) in [4.78, 5) is 13.5. The van der Waals surface area contributed by atoms with Crippen molar-refractivity contribution in [2.45, 2.75) is 19.1 Å². The third-order valence-corrected chi connectivity index (χ3v) is 3.46. The molecule has 0 aromatic heterocycles. The molecule has 0 saturated carbocycles. The van der Waals surface area contributed by atoms with Gasteiger partial charge in [-0.2, -0.15) is 0 Å². The first-order valence-electron chi connectivity index (χ1n) is 6.64. The second-order valence-corrected chi connectivity index (χ2v) is 4.92. The first kappa shape index (κ1) is 14.6. The summed E-state index contributed by atoms with van der Waals surface area (Å²) in [7, 11) is 0. The summed E-state index contributed by atoms with van der Waals surface area (Å²) < 4.78 is 42.4. The highest BCUT2D eigenvalue weighted by atomic mass is 19.4. The maximum Gasteiger partial charge on any atom is 0.524 e. The van der Waals surface area contributed by atoms with Gasteiger partial charge in [0.2, 0.25) is 0 Å². The maximum atomic E-state index is 12.7. The first-order chi connectivity index (χ1) is 10.5. The topological polar surface area (TPSA) is 29.5 Å². The summed E-state index contributed by atoms with van der Waals surface area (Å²) in [6, 6.07) is 14.7. The molecule has 1 unspecified atom stereocenters. The quantitative estimate of drug-likeness (QED) is 0.861. The number of rotatable bonds is 3. The average molecular weight is 307 g/mol. The molecule has 0 aliphatic carbocycles. The number of benzene rings is 2. The fourth-order valence-corrected chi connectivity index (χ4v) is 2.52. The Bertz CT molecular complexity index is 685. The zero-order chi connectivity index (χ0) is 15.7. The molecule has 2 aromatic carbocycles. The van der Waals surface area contributed by atoms with Crippen LogP contribution in [0.1, 0.15) is 27.7 Å². The number of alkyl halides is 3. The second-order valence-electron chi connectivity index (χ2n) is 4.92. The molecule has 1 aliphatic heterocycles. The van der Waals surface area contributed by atoms with Gasteiger partial charge in [-0.15, -0.1) is 13.2 Å². The molecular formula is C16H12F3NO2. The molecule has 22 heavy (non-hydrogen) atoms. The van der Waals surface area contributed by atoms with Crippen LogP contribution in [0.3, 0.4) is 0 Å². The predicted molar refractivity (Wildman–Crippen MR) is 72.6 cm³/mol. The Morgan fingerprint density at radius 1 is 1.00 bits per heavy atom. The van der Waals surface area contributed by atoms with Crippen LogP contribution in [0.5, 0.6) is 0 Å². The van der Waals surface area contributed by atoms with Crippen molar-refractivity contribution in [1.82, 2.24) is 4.90 Å². The largest absolute Gasteiger partial charge is 0.524 e. The number of hydrogen-bond donors (Lipinski definition) is 0. The fraction of sp³-hybridized carbons (Fsp3) is 0.188. The molecule has 0 saturated heterocycles. The molecule has 2 aromatic rings. The van der Waals surface area contributed by atoms with Crippen LogP contribution < -0.4 is 0 Å². The molecule has 0 spiro atoms. The van der Waals surface area contributed by atoms with Gasteiger partial charge in [-0.1, -0.05) is 48.5 Å². The van der Waals surface area contributed by atoms with Crippen LogP contribution in [0.2, 0.25) is 0 Å². The van der Waals surface area contributed by atoms with Gasteiger partial charge in [0.05, 0.1) is 0 Å². The molecule has 6 heteroatoms. The molecule has 0 fully saturated rings. The number of ether oxygens (including phenoxy) is 1.